The molecular formula is C19H18ClNO4. The molecule has 0 aliphatic heterocycles. The van der Waals surface area contributed by atoms with E-state index in [1.54, 1.807) is 24.3 Å². The van der Waals surface area contributed by atoms with Crippen LogP contribution in [-0.4, -0.2) is 23.6 Å². The summed E-state index contributed by atoms with van der Waals surface area (Å²) in [5, 5.41) is 12.2. The molecule has 25 heavy (non-hydrogen) atoms. The standard InChI is InChI=1S/C19H18ClNO4/c20-16-7-2-1-4-13(16)11-19(8-9-19)18(24)21-14-5-3-6-15(10-14)25-12-17(22)23/h1-7,10H,8-9,11-12H2,(H,21,24)(H,22,23). The van der Waals surface area contributed by atoms with Crippen LogP contribution in [0.4, 0.5) is 5.69 Å². The average molecular weight is 360 g/mol. The van der Waals surface area contributed by atoms with Crippen LogP contribution in [-0.2, 0) is 16.0 Å². The van der Waals surface area contributed by atoms with E-state index in [1.165, 1.54) is 0 Å². The molecule has 0 spiro atoms. The summed E-state index contributed by atoms with van der Waals surface area (Å²) >= 11 is 6.21. The molecule has 6 heteroatoms. The van der Waals surface area contributed by atoms with Crippen LogP contribution >= 0.6 is 11.6 Å². The number of aliphatic carboxylic acids is 1. The normalized spacial score (nSPS) is 14.6. The quantitative estimate of drug-likeness (QED) is 0.789. The van der Waals surface area contributed by atoms with Gasteiger partial charge in [0.05, 0.1) is 5.41 Å². The highest BCUT2D eigenvalue weighted by Gasteiger charge is 2.49. The summed E-state index contributed by atoms with van der Waals surface area (Å²) in [6.07, 6.45) is 2.24. The lowest BCUT2D eigenvalue weighted by molar-refractivity contribution is -0.139. The summed E-state index contributed by atoms with van der Waals surface area (Å²) < 4.78 is 5.13. The van der Waals surface area contributed by atoms with E-state index in [0.29, 0.717) is 22.9 Å². The molecule has 1 aliphatic carbocycles. The predicted octanol–water partition coefficient (Wildman–Crippen LogP) is 3.76. The minimum absolute atomic E-state index is 0.0530. The third-order valence-corrected chi connectivity index (χ3v) is 4.64. The zero-order valence-corrected chi connectivity index (χ0v) is 14.3. The Balaban J connectivity index is 1.67. The van der Waals surface area contributed by atoms with Gasteiger partial charge in [-0.25, -0.2) is 4.79 Å². The van der Waals surface area contributed by atoms with Crippen molar-refractivity contribution in [1.82, 2.24) is 0 Å². The minimum atomic E-state index is -1.05. The van der Waals surface area contributed by atoms with E-state index in [-0.39, 0.29) is 5.91 Å². The highest BCUT2D eigenvalue weighted by molar-refractivity contribution is 6.31. The number of carbonyl (C=O) groups excluding carboxylic acids is 1. The maximum Gasteiger partial charge on any atom is 0.341 e. The minimum Gasteiger partial charge on any atom is -0.482 e. The molecule has 2 N–H and O–H groups in total. The third kappa shape index (κ3) is 4.31. The lowest BCUT2D eigenvalue weighted by Gasteiger charge is -2.16. The molecule has 0 heterocycles. The Kier molecular flexibility index (Phi) is 4.95. The van der Waals surface area contributed by atoms with Gasteiger partial charge < -0.3 is 15.2 Å². The van der Waals surface area contributed by atoms with Crippen molar-refractivity contribution in [1.29, 1.82) is 0 Å². The molecule has 1 aliphatic rings. The van der Waals surface area contributed by atoms with Crippen LogP contribution in [0.1, 0.15) is 18.4 Å². The number of hydrogen-bond acceptors (Lipinski definition) is 3. The fourth-order valence-electron chi connectivity index (χ4n) is 2.71. The zero-order valence-electron chi connectivity index (χ0n) is 13.5. The maximum absolute atomic E-state index is 12.7. The number of anilines is 1. The topological polar surface area (TPSA) is 75.6 Å². The van der Waals surface area contributed by atoms with Crippen molar-refractivity contribution in [2.45, 2.75) is 19.3 Å². The molecule has 0 saturated heterocycles. The van der Waals surface area contributed by atoms with Gasteiger partial charge in [-0.3, -0.25) is 4.79 Å². The molecule has 130 valence electrons. The summed E-state index contributed by atoms with van der Waals surface area (Å²) in [4.78, 5) is 23.3. The molecule has 1 amide bonds. The lowest BCUT2D eigenvalue weighted by Crippen LogP contribution is -2.26. The summed E-state index contributed by atoms with van der Waals surface area (Å²) in [5.41, 5.74) is 1.12. The van der Waals surface area contributed by atoms with E-state index in [4.69, 9.17) is 21.4 Å². The lowest BCUT2D eigenvalue weighted by atomic mass is 9.95. The molecular weight excluding hydrogens is 342 g/mol. The number of carbonyl (C=O) groups is 2. The second-order valence-electron chi connectivity index (χ2n) is 6.21. The van der Waals surface area contributed by atoms with Crippen molar-refractivity contribution in [3.8, 4) is 5.75 Å². The van der Waals surface area contributed by atoms with Gasteiger partial charge in [0.1, 0.15) is 5.75 Å². The molecule has 2 aromatic rings. The number of amides is 1. The van der Waals surface area contributed by atoms with E-state index < -0.39 is 18.0 Å². The monoisotopic (exact) mass is 359 g/mol. The van der Waals surface area contributed by atoms with E-state index in [1.807, 2.05) is 24.3 Å². The second-order valence-corrected chi connectivity index (χ2v) is 6.62. The average Bonchev–Trinajstić information content (AvgIpc) is 3.36. The Morgan fingerprint density at radius 2 is 1.92 bits per heavy atom. The van der Waals surface area contributed by atoms with Gasteiger partial charge >= 0.3 is 5.97 Å². The molecule has 1 fully saturated rings. The van der Waals surface area contributed by atoms with Crippen LogP contribution in [0.25, 0.3) is 0 Å². The van der Waals surface area contributed by atoms with Crippen LogP contribution in [0.3, 0.4) is 0 Å². The van der Waals surface area contributed by atoms with Gasteiger partial charge in [0.2, 0.25) is 5.91 Å². The molecule has 1 saturated carbocycles. The van der Waals surface area contributed by atoms with Crippen molar-refractivity contribution < 1.29 is 19.4 Å². The Bertz CT molecular complexity index is 802. The van der Waals surface area contributed by atoms with Crippen LogP contribution in [0.15, 0.2) is 48.5 Å². The number of rotatable bonds is 7. The zero-order chi connectivity index (χ0) is 17.9. The van der Waals surface area contributed by atoms with Crippen molar-refractivity contribution in [3.05, 3.63) is 59.1 Å². The van der Waals surface area contributed by atoms with Gasteiger partial charge in [-0.15, -0.1) is 0 Å². The molecule has 0 bridgehead atoms. The molecule has 0 radical (unpaired) electrons. The Morgan fingerprint density at radius 1 is 1.16 bits per heavy atom. The SMILES string of the molecule is O=C(O)COc1cccc(NC(=O)C2(Cc3ccccc3Cl)CC2)c1. The predicted molar refractivity (Wildman–Crippen MR) is 95.0 cm³/mol. The molecule has 0 unspecified atom stereocenters. The molecule has 0 atom stereocenters. The molecule has 3 rings (SSSR count). The maximum atomic E-state index is 12.7. The fourth-order valence-corrected chi connectivity index (χ4v) is 2.92. The number of halogens is 1. The molecule has 2 aromatic carbocycles. The highest BCUT2D eigenvalue weighted by atomic mass is 35.5. The number of hydrogen-bond donors (Lipinski definition) is 2. The van der Waals surface area contributed by atoms with Gasteiger partial charge in [-0.1, -0.05) is 35.9 Å². The van der Waals surface area contributed by atoms with Gasteiger partial charge in [-0.05, 0) is 43.0 Å². The Labute approximate surface area is 150 Å². The van der Waals surface area contributed by atoms with E-state index in [9.17, 15) is 9.59 Å². The van der Waals surface area contributed by atoms with Crippen molar-refractivity contribution in [2.24, 2.45) is 5.41 Å². The first-order valence-corrected chi connectivity index (χ1v) is 8.36. The third-order valence-electron chi connectivity index (χ3n) is 4.28. The number of carboxylic acid groups (broad SMARTS) is 1. The first-order valence-electron chi connectivity index (χ1n) is 7.98. The number of ether oxygens (including phenoxy) is 1. The Morgan fingerprint density at radius 3 is 2.60 bits per heavy atom. The number of nitrogens with one attached hydrogen (secondary N) is 1. The smallest absolute Gasteiger partial charge is 0.341 e. The van der Waals surface area contributed by atoms with Crippen molar-refractivity contribution in [2.75, 3.05) is 11.9 Å². The summed E-state index contributed by atoms with van der Waals surface area (Å²) in [7, 11) is 0. The summed E-state index contributed by atoms with van der Waals surface area (Å²) in [6, 6.07) is 14.3. The highest BCUT2D eigenvalue weighted by Crippen LogP contribution is 2.50. The van der Waals surface area contributed by atoms with Gasteiger partial charge in [0.15, 0.2) is 6.61 Å². The van der Waals surface area contributed by atoms with Crippen LogP contribution in [0, 0.1) is 5.41 Å². The fraction of sp³-hybridized carbons (Fsp3) is 0.263. The number of benzene rings is 2. The van der Waals surface area contributed by atoms with Crippen LogP contribution in [0.5, 0.6) is 5.75 Å². The Hall–Kier alpha value is -2.53. The van der Waals surface area contributed by atoms with E-state index in [0.717, 1.165) is 18.4 Å². The molecule has 0 aromatic heterocycles. The van der Waals surface area contributed by atoms with E-state index >= 15 is 0 Å². The second kappa shape index (κ2) is 7.15. The summed E-state index contributed by atoms with van der Waals surface area (Å²) in [5.74, 6) is -0.704. The van der Waals surface area contributed by atoms with Crippen molar-refractivity contribution >= 4 is 29.2 Å². The molecule has 5 nitrogen and oxygen atoms in total. The van der Waals surface area contributed by atoms with Gasteiger partial charge in [-0.2, -0.15) is 0 Å². The van der Waals surface area contributed by atoms with Gasteiger partial charge in [0.25, 0.3) is 0 Å². The van der Waals surface area contributed by atoms with Crippen LogP contribution < -0.4 is 10.1 Å². The summed E-state index contributed by atoms with van der Waals surface area (Å²) in [6.45, 7) is -0.423. The van der Waals surface area contributed by atoms with E-state index in [2.05, 4.69) is 5.32 Å². The first kappa shape index (κ1) is 17.3. The van der Waals surface area contributed by atoms with Crippen molar-refractivity contribution in [3.63, 3.8) is 0 Å². The first-order chi connectivity index (χ1) is 12.0. The largest absolute Gasteiger partial charge is 0.482 e. The van der Waals surface area contributed by atoms with Gasteiger partial charge in [0, 0.05) is 16.8 Å². The number of carboxylic acids is 1. The van der Waals surface area contributed by atoms with Crippen LogP contribution in [0.2, 0.25) is 5.02 Å².